The average molecular weight is 281 g/mol. The molecule has 0 radical (unpaired) electrons. The first-order chi connectivity index (χ1) is 9.10. The molecule has 1 N–H and O–H groups in total. The van der Waals surface area contributed by atoms with E-state index in [1.165, 1.54) is 6.42 Å². The standard InChI is InChI=1S/C15H21ClN2O/c1-3-12-5-4-8-18(10-12)15(19)17-14-7-6-13(16)9-11(14)2/h6-7,9,12H,3-5,8,10H2,1-2H3,(H,17,19)/t12-/m1/s1. The van der Waals surface area contributed by atoms with E-state index in [1.807, 2.05) is 24.0 Å². The molecule has 1 aliphatic rings. The number of hydrogen-bond acceptors (Lipinski definition) is 1. The Hall–Kier alpha value is -1.22. The minimum absolute atomic E-state index is 0.00331. The monoisotopic (exact) mass is 280 g/mol. The van der Waals surface area contributed by atoms with Crippen LogP contribution in [0.25, 0.3) is 0 Å². The maximum absolute atomic E-state index is 12.2. The van der Waals surface area contributed by atoms with Crippen molar-refractivity contribution in [2.24, 2.45) is 5.92 Å². The summed E-state index contributed by atoms with van der Waals surface area (Å²) in [6.07, 6.45) is 3.48. The summed E-state index contributed by atoms with van der Waals surface area (Å²) in [5.41, 5.74) is 1.83. The van der Waals surface area contributed by atoms with Gasteiger partial charge < -0.3 is 10.2 Å². The van der Waals surface area contributed by atoms with E-state index in [0.717, 1.165) is 37.2 Å². The lowest BCUT2D eigenvalue weighted by Gasteiger charge is -2.32. The second-order valence-corrected chi connectivity index (χ2v) is 5.69. The van der Waals surface area contributed by atoms with E-state index in [2.05, 4.69) is 12.2 Å². The number of likely N-dealkylation sites (tertiary alicyclic amines) is 1. The largest absolute Gasteiger partial charge is 0.324 e. The van der Waals surface area contributed by atoms with Crippen molar-refractivity contribution in [3.8, 4) is 0 Å². The fraction of sp³-hybridized carbons (Fsp3) is 0.533. The third-order valence-corrected chi connectivity index (χ3v) is 4.05. The van der Waals surface area contributed by atoms with Crippen LogP contribution in [0.4, 0.5) is 10.5 Å². The molecule has 1 aromatic carbocycles. The number of rotatable bonds is 2. The molecule has 1 fully saturated rings. The molecule has 4 heteroatoms. The first-order valence-electron chi connectivity index (χ1n) is 6.92. The zero-order chi connectivity index (χ0) is 13.8. The third kappa shape index (κ3) is 3.63. The summed E-state index contributed by atoms with van der Waals surface area (Å²) < 4.78 is 0. The van der Waals surface area contributed by atoms with E-state index >= 15 is 0 Å². The molecule has 1 saturated heterocycles. The zero-order valence-corrected chi connectivity index (χ0v) is 12.3. The number of carbonyl (C=O) groups excluding carboxylic acids is 1. The minimum atomic E-state index is 0.00331. The molecule has 0 bridgehead atoms. The number of benzene rings is 1. The maximum atomic E-state index is 12.2. The summed E-state index contributed by atoms with van der Waals surface area (Å²) in [5, 5.41) is 3.67. The molecule has 19 heavy (non-hydrogen) atoms. The highest BCUT2D eigenvalue weighted by Crippen LogP contribution is 2.22. The van der Waals surface area contributed by atoms with Crippen LogP contribution in [0.3, 0.4) is 0 Å². The number of anilines is 1. The fourth-order valence-corrected chi connectivity index (χ4v) is 2.77. The van der Waals surface area contributed by atoms with Crippen LogP contribution in [-0.2, 0) is 0 Å². The molecule has 1 aromatic rings. The van der Waals surface area contributed by atoms with Gasteiger partial charge in [-0.25, -0.2) is 4.79 Å². The van der Waals surface area contributed by atoms with Crippen molar-refractivity contribution >= 4 is 23.3 Å². The summed E-state index contributed by atoms with van der Waals surface area (Å²) in [4.78, 5) is 14.2. The molecule has 0 spiro atoms. The van der Waals surface area contributed by atoms with E-state index in [1.54, 1.807) is 6.07 Å². The van der Waals surface area contributed by atoms with Crippen LogP contribution in [0.2, 0.25) is 5.02 Å². The summed E-state index contributed by atoms with van der Waals surface area (Å²) >= 11 is 5.92. The van der Waals surface area contributed by atoms with Gasteiger partial charge in [0.05, 0.1) is 0 Å². The number of carbonyl (C=O) groups is 1. The Balaban J connectivity index is 2.00. The predicted octanol–water partition coefficient (Wildman–Crippen LogP) is 4.30. The smallest absolute Gasteiger partial charge is 0.321 e. The number of hydrogen-bond donors (Lipinski definition) is 1. The first-order valence-corrected chi connectivity index (χ1v) is 7.30. The Morgan fingerprint density at radius 3 is 3.00 bits per heavy atom. The third-order valence-electron chi connectivity index (χ3n) is 3.81. The van der Waals surface area contributed by atoms with E-state index in [-0.39, 0.29) is 6.03 Å². The number of aryl methyl sites for hydroxylation is 1. The number of nitrogens with zero attached hydrogens (tertiary/aromatic N) is 1. The fourth-order valence-electron chi connectivity index (χ4n) is 2.54. The van der Waals surface area contributed by atoms with Crippen LogP contribution in [0, 0.1) is 12.8 Å². The van der Waals surface area contributed by atoms with Crippen molar-refractivity contribution in [3.63, 3.8) is 0 Å². The SMILES string of the molecule is CC[C@@H]1CCCN(C(=O)Nc2ccc(Cl)cc2C)C1. The van der Waals surface area contributed by atoms with Gasteiger partial charge in [-0.3, -0.25) is 0 Å². The molecule has 1 heterocycles. The number of piperidine rings is 1. The van der Waals surface area contributed by atoms with E-state index in [0.29, 0.717) is 10.9 Å². The summed E-state index contributed by atoms with van der Waals surface area (Å²) in [7, 11) is 0. The average Bonchev–Trinajstić information content (AvgIpc) is 2.42. The summed E-state index contributed by atoms with van der Waals surface area (Å²) in [6, 6.07) is 5.53. The number of urea groups is 1. The van der Waals surface area contributed by atoms with E-state index < -0.39 is 0 Å². The van der Waals surface area contributed by atoms with Crippen molar-refractivity contribution < 1.29 is 4.79 Å². The van der Waals surface area contributed by atoms with Crippen LogP contribution in [0.1, 0.15) is 31.7 Å². The van der Waals surface area contributed by atoms with Crippen molar-refractivity contribution in [1.82, 2.24) is 4.90 Å². The van der Waals surface area contributed by atoms with Gasteiger partial charge in [0, 0.05) is 23.8 Å². The van der Waals surface area contributed by atoms with Crippen molar-refractivity contribution in [2.75, 3.05) is 18.4 Å². The number of nitrogens with one attached hydrogen (secondary N) is 1. The van der Waals surface area contributed by atoms with Gasteiger partial charge in [-0.2, -0.15) is 0 Å². The second-order valence-electron chi connectivity index (χ2n) is 5.25. The quantitative estimate of drug-likeness (QED) is 0.860. The molecule has 2 rings (SSSR count). The van der Waals surface area contributed by atoms with Gasteiger partial charge >= 0.3 is 6.03 Å². The highest BCUT2D eigenvalue weighted by Gasteiger charge is 2.22. The molecule has 0 saturated carbocycles. The van der Waals surface area contributed by atoms with Crippen LogP contribution < -0.4 is 5.32 Å². The van der Waals surface area contributed by atoms with Crippen LogP contribution in [0.5, 0.6) is 0 Å². The Morgan fingerprint density at radius 2 is 2.32 bits per heavy atom. The number of halogens is 1. The topological polar surface area (TPSA) is 32.3 Å². The molecule has 1 aliphatic heterocycles. The molecular formula is C15H21ClN2O. The lowest BCUT2D eigenvalue weighted by molar-refractivity contribution is 0.176. The molecule has 0 aromatic heterocycles. The summed E-state index contributed by atoms with van der Waals surface area (Å²) in [6.45, 7) is 5.87. The van der Waals surface area contributed by atoms with Gasteiger partial charge in [0.1, 0.15) is 0 Å². The summed E-state index contributed by atoms with van der Waals surface area (Å²) in [5.74, 6) is 0.644. The van der Waals surface area contributed by atoms with Gasteiger partial charge in [-0.05, 0) is 49.4 Å². The minimum Gasteiger partial charge on any atom is -0.324 e. The van der Waals surface area contributed by atoms with Crippen molar-refractivity contribution in [1.29, 1.82) is 0 Å². The van der Waals surface area contributed by atoms with Gasteiger partial charge in [-0.15, -0.1) is 0 Å². The molecule has 0 unspecified atom stereocenters. The molecule has 1 atom stereocenters. The molecule has 0 aliphatic carbocycles. The van der Waals surface area contributed by atoms with Crippen LogP contribution in [0.15, 0.2) is 18.2 Å². The van der Waals surface area contributed by atoms with Gasteiger partial charge in [-0.1, -0.05) is 24.9 Å². The molecular weight excluding hydrogens is 260 g/mol. The van der Waals surface area contributed by atoms with Crippen LogP contribution >= 0.6 is 11.6 Å². The Morgan fingerprint density at radius 1 is 1.53 bits per heavy atom. The van der Waals surface area contributed by atoms with Gasteiger partial charge in [0.15, 0.2) is 0 Å². The molecule has 2 amide bonds. The second kappa shape index (κ2) is 6.29. The maximum Gasteiger partial charge on any atom is 0.321 e. The Kier molecular flexibility index (Phi) is 4.70. The molecule has 104 valence electrons. The Labute approximate surface area is 119 Å². The lowest BCUT2D eigenvalue weighted by atomic mass is 9.96. The van der Waals surface area contributed by atoms with E-state index in [9.17, 15) is 4.79 Å². The molecule has 3 nitrogen and oxygen atoms in total. The van der Waals surface area contributed by atoms with Gasteiger partial charge in [0.2, 0.25) is 0 Å². The predicted molar refractivity (Wildman–Crippen MR) is 79.8 cm³/mol. The Bertz CT molecular complexity index is 461. The normalized spacial score (nSPS) is 19.3. The zero-order valence-electron chi connectivity index (χ0n) is 11.6. The highest BCUT2D eigenvalue weighted by molar-refractivity contribution is 6.30. The lowest BCUT2D eigenvalue weighted by Crippen LogP contribution is -2.42. The number of amides is 2. The van der Waals surface area contributed by atoms with E-state index in [4.69, 9.17) is 11.6 Å². The van der Waals surface area contributed by atoms with Crippen LogP contribution in [-0.4, -0.2) is 24.0 Å². The van der Waals surface area contributed by atoms with Crippen molar-refractivity contribution in [3.05, 3.63) is 28.8 Å². The van der Waals surface area contributed by atoms with Gasteiger partial charge in [0.25, 0.3) is 0 Å². The van der Waals surface area contributed by atoms with Crippen molar-refractivity contribution in [2.45, 2.75) is 33.1 Å². The highest BCUT2D eigenvalue weighted by atomic mass is 35.5. The first kappa shape index (κ1) is 14.2.